The van der Waals surface area contributed by atoms with Gasteiger partial charge >= 0.3 is 0 Å². The Hall–Kier alpha value is -1.55. The Morgan fingerprint density at radius 2 is 2.11 bits per heavy atom. The van der Waals surface area contributed by atoms with Gasteiger partial charge in [-0.25, -0.2) is 0 Å². The molecular weight excluding hydrogens is 240 g/mol. The summed E-state index contributed by atoms with van der Waals surface area (Å²) in [6.45, 7) is 5.14. The highest BCUT2D eigenvalue weighted by Crippen LogP contribution is 2.16. The van der Waals surface area contributed by atoms with Crippen molar-refractivity contribution in [2.24, 2.45) is 11.1 Å². The van der Waals surface area contributed by atoms with E-state index in [4.69, 9.17) is 9.94 Å². The average Bonchev–Trinajstić information content (AvgIpc) is 2.46. The quantitative estimate of drug-likeness (QED) is 0.669. The first-order valence-electron chi connectivity index (χ1n) is 6.79. The first-order chi connectivity index (χ1) is 9.22. The van der Waals surface area contributed by atoms with Crippen LogP contribution < -0.4 is 4.74 Å². The van der Waals surface area contributed by atoms with E-state index in [0.717, 1.165) is 43.9 Å². The van der Waals surface area contributed by atoms with Gasteiger partial charge in [0.2, 0.25) is 0 Å². The molecule has 1 heterocycles. The third kappa shape index (κ3) is 3.70. The molecule has 0 radical (unpaired) electrons. The van der Waals surface area contributed by atoms with Gasteiger partial charge in [-0.15, -0.1) is 0 Å². The number of nitrogens with zero attached hydrogens (tertiary/aromatic N) is 2. The minimum atomic E-state index is 0.356. The third-order valence-electron chi connectivity index (χ3n) is 3.79. The SMILES string of the molecule is COc1ccc(CCN2CC/C(=N/O)C(C)C2)cc1. The van der Waals surface area contributed by atoms with Crippen LogP contribution in [0.5, 0.6) is 5.75 Å². The van der Waals surface area contributed by atoms with Crippen LogP contribution in [0.4, 0.5) is 0 Å². The second-order valence-corrected chi connectivity index (χ2v) is 5.14. The van der Waals surface area contributed by atoms with E-state index >= 15 is 0 Å². The summed E-state index contributed by atoms with van der Waals surface area (Å²) in [6, 6.07) is 8.25. The summed E-state index contributed by atoms with van der Waals surface area (Å²) < 4.78 is 5.15. The maximum absolute atomic E-state index is 8.86. The third-order valence-corrected chi connectivity index (χ3v) is 3.79. The van der Waals surface area contributed by atoms with Gasteiger partial charge in [-0.1, -0.05) is 24.2 Å². The first kappa shape index (κ1) is 13.9. The fourth-order valence-electron chi connectivity index (χ4n) is 2.53. The Morgan fingerprint density at radius 1 is 1.37 bits per heavy atom. The van der Waals surface area contributed by atoms with E-state index in [1.165, 1.54) is 5.56 Å². The van der Waals surface area contributed by atoms with Crippen molar-refractivity contribution >= 4 is 5.71 Å². The molecule has 19 heavy (non-hydrogen) atoms. The molecule has 0 aromatic heterocycles. The molecule has 0 bridgehead atoms. The van der Waals surface area contributed by atoms with Crippen molar-refractivity contribution in [3.8, 4) is 5.75 Å². The Labute approximate surface area is 114 Å². The highest BCUT2D eigenvalue weighted by Gasteiger charge is 2.21. The van der Waals surface area contributed by atoms with Crippen molar-refractivity contribution in [2.75, 3.05) is 26.7 Å². The molecule has 1 aliphatic heterocycles. The molecule has 4 nitrogen and oxygen atoms in total. The lowest BCUT2D eigenvalue weighted by Gasteiger charge is -2.31. The molecule has 4 heteroatoms. The summed E-state index contributed by atoms with van der Waals surface area (Å²) >= 11 is 0. The van der Waals surface area contributed by atoms with E-state index in [1.54, 1.807) is 7.11 Å². The Morgan fingerprint density at radius 3 is 2.68 bits per heavy atom. The van der Waals surface area contributed by atoms with Gasteiger partial charge in [-0.3, -0.25) is 0 Å². The van der Waals surface area contributed by atoms with Gasteiger partial charge in [-0.2, -0.15) is 0 Å². The normalized spacial score (nSPS) is 22.6. The summed E-state index contributed by atoms with van der Waals surface area (Å²) in [4.78, 5) is 2.43. The average molecular weight is 262 g/mol. The molecule has 1 aromatic carbocycles. The van der Waals surface area contributed by atoms with Crippen LogP contribution in [0.25, 0.3) is 0 Å². The predicted molar refractivity (Wildman–Crippen MR) is 76.1 cm³/mol. The lowest BCUT2D eigenvalue weighted by atomic mass is 9.97. The van der Waals surface area contributed by atoms with E-state index in [0.29, 0.717) is 5.92 Å². The summed E-state index contributed by atoms with van der Waals surface area (Å²) in [6.07, 6.45) is 1.92. The molecule has 0 aliphatic carbocycles. The molecule has 0 saturated carbocycles. The van der Waals surface area contributed by atoms with Gasteiger partial charge in [0.05, 0.1) is 12.8 Å². The molecule has 1 aromatic rings. The zero-order valence-corrected chi connectivity index (χ0v) is 11.7. The molecule has 0 amide bonds. The molecule has 2 rings (SSSR count). The Kier molecular flexibility index (Phi) is 4.80. The van der Waals surface area contributed by atoms with Crippen LogP contribution in [0.2, 0.25) is 0 Å². The monoisotopic (exact) mass is 262 g/mol. The molecule has 1 fully saturated rings. The second-order valence-electron chi connectivity index (χ2n) is 5.14. The molecule has 1 unspecified atom stereocenters. The number of likely N-dealkylation sites (tertiary alicyclic amines) is 1. The van der Waals surface area contributed by atoms with Crippen molar-refractivity contribution in [1.82, 2.24) is 4.90 Å². The van der Waals surface area contributed by atoms with Gasteiger partial charge in [0.1, 0.15) is 5.75 Å². The largest absolute Gasteiger partial charge is 0.497 e. The summed E-state index contributed by atoms with van der Waals surface area (Å²) in [7, 11) is 1.68. The molecule has 1 aliphatic rings. The molecule has 1 saturated heterocycles. The van der Waals surface area contributed by atoms with Crippen LogP contribution in [-0.2, 0) is 6.42 Å². The van der Waals surface area contributed by atoms with Crippen LogP contribution >= 0.6 is 0 Å². The minimum absolute atomic E-state index is 0.356. The Balaban J connectivity index is 1.82. The van der Waals surface area contributed by atoms with Crippen LogP contribution in [-0.4, -0.2) is 42.6 Å². The van der Waals surface area contributed by atoms with Gasteiger partial charge < -0.3 is 14.8 Å². The number of hydrogen-bond acceptors (Lipinski definition) is 4. The van der Waals surface area contributed by atoms with E-state index in [-0.39, 0.29) is 0 Å². The van der Waals surface area contributed by atoms with Crippen molar-refractivity contribution in [3.63, 3.8) is 0 Å². The number of piperidine rings is 1. The minimum Gasteiger partial charge on any atom is -0.497 e. The molecular formula is C15H22N2O2. The topological polar surface area (TPSA) is 45.1 Å². The first-order valence-corrected chi connectivity index (χ1v) is 6.79. The molecule has 0 spiro atoms. The highest BCUT2D eigenvalue weighted by atomic mass is 16.5. The van der Waals surface area contributed by atoms with Crippen LogP contribution in [0.15, 0.2) is 29.4 Å². The fraction of sp³-hybridized carbons (Fsp3) is 0.533. The maximum Gasteiger partial charge on any atom is 0.118 e. The molecule has 104 valence electrons. The summed E-state index contributed by atoms with van der Waals surface area (Å²) in [5, 5.41) is 12.2. The van der Waals surface area contributed by atoms with Gasteiger partial charge in [0, 0.05) is 32.0 Å². The van der Waals surface area contributed by atoms with E-state index in [9.17, 15) is 0 Å². The number of rotatable bonds is 4. The van der Waals surface area contributed by atoms with E-state index in [1.807, 2.05) is 12.1 Å². The number of methoxy groups -OCH3 is 1. The van der Waals surface area contributed by atoms with Crippen molar-refractivity contribution < 1.29 is 9.94 Å². The molecule has 1 N–H and O–H groups in total. The lowest BCUT2D eigenvalue weighted by Crippen LogP contribution is -2.40. The van der Waals surface area contributed by atoms with Gasteiger partial charge in [-0.05, 0) is 24.1 Å². The van der Waals surface area contributed by atoms with Crippen LogP contribution in [0.3, 0.4) is 0 Å². The number of oxime groups is 1. The van der Waals surface area contributed by atoms with Crippen molar-refractivity contribution in [2.45, 2.75) is 19.8 Å². The summed E-state index contributed by atoms with van der Waals surface area (Å²) in [5.41, 5.74) is 2.26. The maximum atomic E-state index is 8.86. The fourth-order valence-corrected chi connectivity index (χ4v) is 2.53. The van der Waals surface area contributed by atoms with Crippen molar-refractivity contribution in [3.05, 3.63) is 29.8 Å². The highest BCUT2D eigenvalue weighted by molar-refractivity contribution is 5.86. The van der Waals surface area contributed by atoms with Gasteiger partial charge in [0.15, 0.2) is 0 Å². The number of hydrogen-bond donors (Lipinski definition) is 1. The standard InChI is InChI=1S/C15H22N2O2/c1-12-11-17(10-8-15(12)16-18)9-7-13-3-5-14(19-2)6-4-13/h3-6,12,18H,7-11H2,1-2H3/b16-15-. The zero-order chi connectivity index (χ0) is 13.7. The van der Waals surface area contributed by atoms with Gasteiger partial charge in [0.25, 0.3) is 0 Å². The molecule has 1 atom stereocenters. The second kappa shape index (κ2) is 6.57. The Bertz CT molecular complexity index is 428. The zero-order valence-electron chi connectivity index (χ0n) is 11.7. The summed E-state index contributed by atoms with van der Waals surface area (Å²) in [5.74, 6) is 1.26. The van der Waals surface area contributed by atoms with E-state index < -0.39 is 0 Å². The number of benzene rings is 1. The van der Waals surface area contributed by atoms with E-state index in [2.05, 4.69) is 29.1 Å². The predicted octanol–water partition coefficient (Wildman–Crippen LogP) is 2.41. The number of ether oxygens (including phenoxy) is 1. The van der Waals surface area contributed by atoms with Crippen LogP contribution in [0.1, 0.15) is 18.9 Å². The lowest BCUT2D eigenvalue weighted by molar-refractivity contribution is 0.238. The smallest absolute Gasteiger partial charge is 0.118 e. The van der Waals surface area contributed by atoms with Crippen LogP contribution in [0, 0.1) is 5.92 Å². The van der Waals surface area contributed by atoms with Crippen molar-refractivity contribution in [1.29, 1.82) is 0 Å².